The smallest absolute Gasteiger partial charge is 0.249 e. The van der Waals surface area contributed by atoms with Crippen molar-refractivity contribution in [2.75, 3.05) is 19.6 Å². The van der Waals surface area contributed by atoms with Crippen LogP contribution < -0.4 is 10.6 Å². The molecule has 2 saturated heterocycles. The predicted molar refractivity (Wildman–Crippen MR) is 43.8 cm³/mol. The zero-order valence-corrected chi connectivity index (χ0v) is 7.01. The van der Waals surface area contributed by atoms with E-state index in [1.165, 1.54) is 0 Å². The molecule has 1 amide bonds. The Kier molecular flexibility index (Phi) is 2.28. The van der Waals surface area contributed by atoms with E-state index < -0.39 is 0 Å². The molecule has 0 bridgehead atoms. The van der Waals surface area contributed by atoms with Gasteiger partial charge in [0.1, 0.15) is 6.10 Å². The van der Waals surface area contributed by atoms with Crippen molar-refractivity contribution in [1.29, 1.82) is 0 Å². The third-order valence-corrected chi connectivity index (χ3v) is 2.34. The zero-order valence-electron chi connectivity index (χ0n) is 7.01. The zero-order chi connectivity index (χ0) is 8.39. The van der Waals surface area contributed by atoms with Gasteiger partial charge in [-0.05, 0) is 12.8 Å². The van der Waals surface area contributed by atoms with Crippen LogP contribution in [0.3, 0.4) is 0 Å². The summed E-state index contributed by atoms with van der Waals surface area (Å²) in [6.07, 6.45) is 1.99. The van der Waals surface area contributed by atoms with Crippen LogP contribution in [-0.4, -0.2) is 37.7 Å². The van der Waals surface area contributed by atoms with Crippen LogP contribution in [0.2, 0.25) is 0 Å². The van der Waals surface area contributed by atoms with Crippen LogP contribution >= 0.6 is 0 Å². The van der Waals surface area contributed by atoms with Gasteiger partial charge in [-0.1, -0.05) is 0 Å². The molecule has 4 heteroatoms. The summed E-state index contributed by atoms with van der Waals surface area (Å²) in [4.78, 5) is 11.2. The minimum Gasteiger partial charge on any atom is -0.363 e. The average molecular weight is 170 g/mol. The van der Waals surface area contributed by atoms with Crippen LogP contribution in [0, 0.1) is 0 Å². The first-order valence-electron chi connectivity index (χ1n) is 4.50. The summed E-state index contributed by atoms with van der Waals surface area (Å²) in [6.45, 7) is 2.59. The van der Waals surface area contributed by atoms with Crippen LogP contribution in [0.25, 0.3) is 0 Å². The van der Waals surface area contributed by atoms with E-state index >= 15 is 0 Å². The van der Waals surface area contributed by atoms with Gasteiger partial charge in [-0.15, -0.1) is 0 Å². The molecule has 2 aliphatic heterocycles. The lowest BCUT2D eigenvalue weighted by Gasteiger charge is -2.32. The number of ether oxygens (including phenoxy) is 1. The summed E-state index contributed by atoms with van der Waals surface area (Å²) < 4.78 is 5.56. The van der Waals surface area contributed by atoms with Crippen molar-refractivity contribution in [1.82, 2.24) is 10.6 Å². The van der Waals surface area contributed by atoms with Gasteiger partial charge < -0.3 is 15.4 Å². The fourth-order valence-corrected chi connectivity index (χ4v) is 1.46. The Morgan fingerprint density at radius 2 is 2.25 bits per heavy atom. The first-order valence-corrected chi connectivity index (χ1v) is 4.50. The fourth-order valence-electron chi connectivity index (χ4n) is 1.46. The summed E-state index contributed by atoms with van der Waals surface area (Å²) >= 11 is 0. The molecule has 0 radical (unpaired) electrons. The Bertz CT molecular complexity index is 180. The first kappa shape index (κ1) is 8.01. The van der Waals surface area contributed by atoms with Crippen molar-refractivity contribution in [2.45, 2.75) is 25.0 Å². The average Bonchev–Trinajstić information content (AvgIpc) is 2.00. The van der Waals surface area contributed by atoms with E-state index in [2.05, 4.69) is 10.6 Å². The van der Waals surface area contributed by atoms with E-state index in [0.29, 0.717) is 0 Å². The molecule has 2 aliphatic rings. The van der Waals surface area contributed by atoms with E-state index in [0.717, 1.165) is 32.5 Å². The highest BCUT2D eigenvalue weighted by molar-refractivity contribution is 5.81. The number of hydrogen-bond donors (Lipinski definition) is 2. The van der Waals surface area contributed by atoms with Gasteiger partial charge in [-0.2, -0.15) is 0 Å². The Hall–Kier alpha value is -0.610. The largest absolute Gasteiger partial charge is 0.363 e. The molecule has 2 N–H and O–H groups in total. The first-order chi connectivity index (χ1) is 5.86. The Morgan fingerprint density at radius 3 is 2.83 bits per heavy atom. The number of piperidine rings is 1. The van der Waals surface area contributed by atoms with Crippen LogP contribution in [0.5, 0.6) is 0 Å². The second-order valence-corrected chi connectivity index (χ2v) is 3.34. The van der Waals surface area contributed by atoms with Gasteiger partial charge in [0, 0.05) is 19.6 Å². The third-order valence-electron chi connectivity index (χ3n) is 2.34. The lowest BCUT2D eigenvalue weighted by Crippen LogP contribution is -2.53. The molecule has 0 aliphatic carbocycles. The lowest BCUT2D eigenvalue weighted by molar-refractivity contribution is -0.141. The molecule has 1 atom stereocenters. The molecule has 1 unspecified atom stereocenters. The van der Waals surface area contributed by atoms with Crippen molar-refractivity contribution in [3.8, 4) is 0 Å². The second kappa shape index (κ2) is 3.41. The van der Waals surface area contributed by atoms with Crippen LogP contribution in [0.4, 0.5) is 0 Å². The van der Waals surface area contributed by atoms with Crippen molar-refractivity contribution >= 4 is 5.91 Å². The minimum atomic E-state index is -0.189. The molecule has 2 heterocycles. The Morgan fingerprint density at radius 1 is 1.42 bits per heavy atom. The molecular formula is C8H14N2O2. The number of nitrogens with one attached hydrogen (secondary N) is 2. The van der Waals surface area contributed by atoms with Crippen LogP contribution in [-0.2, 0) is 9.53 Å². The molecule has 0 aromatic rings. The van der Waals surface area contributed by atoms with Crippen LogP contribution in [0.1, 0.15) is 12.8 Å². The maximum absolute atomic E-state index is 11.2. The quantitative estimate of drug-likeness (QED) is 0.573. The van der Waals surface area contributed by atoms with Crippen LogP contribution in [0.15, 0.2) is 0 Å². The number of carbonyl (C=O) groups excluding carboxylic acids is 1. The van der Waals surface area contributed by atoms with E-state index in [-0.39, 0.29) is 18.1 Å². The SMILES string of the molecule is O=C1NCCCC1OC1CNC1. The van der Waals surface area contributed by atoms with Crippen molar-refractivity contribution in [3.63, 3.8) is 0 Å². The molecule has 12 heavy (non-hydrogen) atoms. The summed E-state index contributed by atoms with van der Waals surface area (Å²) in [7, 11) is 0. The molecular weight excluding hydrogens is 156 g/mol. The third kappa shape index (κ3) is 1.59. The summed E-state index contributed by atoms with van der Waals surface area (Å²) in [5.41, 5.74) is 0. The molecule has 0 saturated carbocycles. The van der Waals surface area contributed by atoms with Crippen molar-refractivity contribution in [3.05, 3.63) is 0 Å². The molecule has 4 nitrogen and oxygen atoms in total. The lowest BCUT2D eigenvalue weighted by atomic mass is 10.1. The number of hydrogen-bond acceptors (Lipinski definition) is 3. The van der Waals surface area contributed by atoms with Crippen molar-refractivity contribution < 1.29 is 9.53 Å². The Labute approximate surface area is 71.7 Å². The highest BCUT2D eigenvalue weighted by Crippen LogP contribution is 2.11. The fraction of sp³-hybridized carbons (Fsp3) is 0.875. The Balaban J connectivity index is 1.80. The normalized spacial score (nSPS) is 31.0. The molecule has 0 aromatic heterocycles. The van der Waals surface area contributed by atoms with Gasteiger partial charge in [-0.3, -0.25) is 4.79 Å². The minimum absolute atomic E-state index is 0.0631. The van der Waals surface area contributed by atoms with E-state index in [1.807, 2.05) is 0 Å². The predicted octanol–water partition coefficient (Wildman–Crippen LogP) is -0.747. The molecule has 0 spiro atoms. The summed E-state index contributed by atoms with van der Waals surface area (Å²) in [6, 6.07) is 0. The standard InChI is InChI=1S/C8H14N2O2/c11-8-7(2-1-3-10-8)12-6-4-9-5-6/h6-7,9H,1-5H2,(H,10,11). The monoisotopic (exact) mass is 170 g/mol. The van der Waals surface area contributed by atoms with Crippen molar-refractivity contribution in [2.24, 2.45) is 0 Å². The highest BCUT2D eigenvalue weighted by Gasteiger charge is 2.28. The maximum atomic E-state index is 11.2. The van der Waals surface area contributed by atoms with E-state index in [1.54, 1.807) is 0 Å². The number of amides is 1. The molecule has 2 fully saturated rings. The summed E-state index contributed by atoms with van der Waals surface area (Å²) in [5, 5.41) is 5.91. The van der Waals surface area contributed by atoms with E-state index in [9.17, 15) is 4.79 Å². The van der Waals surface area contributed by atoms with Gasteiger partial charge >= 0.3 is 0 Å². The topological polar surface area (TPSA) is 50.4 Å². The van der Waals surface area contributed by atoms with Gasteiger partial charge in [-0.25, -0.2) is 0 Å². The summed E-state index contributed by atoms with van der Waals surface area (Å²) in [5.74, 6) is 0.0631. The number of rotatable bonds is 2. The maximum Gasteiger partial charge on any atom is 0.249 e. The van der Waals surface area contributed by atoms with Gasteiger partial charge in [0.2, 0.25) is 5.91 Å². The molecule has 0 aromatic carbocycles. The number of carbonyl (C=O) groups is 1. The highest BCUT2D eigenvalue weighted by atomic mass is 16.5. The van der Waals surface area contributed by atoms with Gasteiger partial charge in [0.15, 0.2) is 0 Å². The van der Waals surface area contributed by atoms with E-state index in [4.69, 9.17) is 4.74 Å². The second-order valence-electron chi connectivity index (χ2n) is 3.34. The van der Waals surface area contributed by atoms with Gasteiger partial charge in [0.25, 0.3) is 0 Å². The molecule has 2 rings (SSSR count). The van der Waals surface area contributed by atoms with Gasteiger partial charge in [0.05, 0.1) is 6.10 Å². The molecule has 68 valence electrons.